The van der Waals surface area contributed by atoms with E-state index in [2.05, 4.69) is 17.2 Å². The molecule has 0 atom stereocenters. The molecule has 1 aromatic heterocycles. The molecule has 0 unspecified atom stereocenters. The van der Waals surface area contributed by atoms with Gasteiger partial charge in [0.1, 0.15) is 5.75 Å². The van der Waals surface area contributed by atoms with E-state index in [1.807, 2.05) is 16.8 Å². The van der Waals surface area contributed by atoms with Gasteiger partial charge in [0.25, 0.3) is 0 Å². The van der Waals surface area contributed by atoms with Crippen molar-refractivity contribution in [3.05, 3.63) is 34.0 Å². The molecule has 2 aromatic rings. The van der Waals surface area contributed by atoms with Gasteiger partial charge < -0.3 is 15.2 Å². The van der Waals surface area contributed by atoms with Gasteiger partial charge in [-0.25, -0.2) is 4.68 Å². The van der Waals surface area contributed by atoms with E-state index < -0.39 is 0 Å². The normalized spacial score (nSPS) is 13.8. The van der Waals surface area contributed by atoms with E-state index in [4.69, 9.17) is 26.8 Å². The van der Waals surface area contributed by atoms with Crippen LogP contribution in [-0.4, -0.2) is 21.8 Å². The summed E-state index contributed by atoms with van der Waals surface area (Å²) in [6, 6.07) is 3.75. The summed E-state index contributed by atoms with van der Waals surface area (Å²) in [5, 5.41) is 8.73. The van der Waals surface area contributed by atoms with Gasteiger partial charge in [0.05, 0.1) is 18.8 Å². The maximum Gasteiger partial charge on any atom is 0.189 e. The molecule has 2 heterocycles. The average molecular weight is 309 g/mol. The molecule has 0 bridgehead atoms. The number of rotatable bonds is 4. The van der Waals surface area contributed by atoms with E-state index in [1.54, 1.807) is 0 Å². The summed E-state index contributed by atoms with van der Waals surface area (Å²) in [7, 11) is 0. The Morgan fingerprint density at radius 3 is 3.10 bits per heavy atom. The molecule has 2 N–H and O–H groups in total. The average Bonchev–Trinajstić information content (AvgIpc) is 2.80. The minimum atomic E-state index is 0.253. The Kier molecular flexibility index (Phi) is 3.98. The summed E-state index contributed by atoms with van der Waals surface area (Å²) < 4.78 is 12.7. The monoisotopic (exact) mass is 308 g/mol. The zero-order valence-electron chi connectivity index (χ0n) is 11.8. The second-order valence-electron chi connectivity index (χ2n) is 4.99. The smallest absolute Gasteiger partial charge is 0.189 e. The van der Waals surface area contributed by atoms with Crippen LogP contribution in [0.1, 0.15) is 30.2 Å². The van der Waals surface area contributed by atoms with Crippen molar-refractivity contribution in [2.45, 2.75) is 32.9 Å². The molecule has 1 aromatic carbocycles. The van der Waals surface area contributed by atoms with Crippen LogP contribution in [-0.2, 0) is 24.3 Å². The van der Waals surface area contributed by atoms with Gasteiger partial charge in [0, 0.05) is 16.1 Å². The molecule has 3 rings (SSSR count). The molecule has 0 saturated heterocycles. The first-order valence-corrected chi connectivity index (χ1v) is 7.26. The summed E-state index contributed by atoms with van der Waals surface area (Å²) >= 11 is 6.17. The van der Waals surface area contributed by atoms with Gasteiger partial charge in [-0.3, -0.25) is 0 Å². The molecule has 0 saturated carbocycles. The molecule has 0 amide bonds. The first kappa shape index (κ1) is 14.2. The Labute approximate surface area is 127 Å². The number of aromatic nitrogens is 3. The number of benzene rings is 1. The van der Waals surface area contributed by atoms with Crippen LogP contribution in [0.2, 0.25) is 5.02 Å². The highest BCUT2D eigenvalue weighted by molar-refractivity contribution is 6.30. The van der Waals surface area contributed by atoms with Crippen LogP contribution in [0.4, 0.5) is 5.82 Å². The number of anilines is 1. The van der Waals surface area contributed by atoms with E-state index >= 15 is 0 Å². The van der Waals surface area contributed by atoms with Crippen LogP contribution in [0.3, 0.4) is 0 Å². The van der Waals surface area contributed by atoms with Crippen molar-refractivity contribution in [1.82, 2.24) is 15.0 Å². The largest absolute Gasteiger partial charge is 0.467 e. The third-order valence-corrected chi connectivity index (χ3v) is 3.64. The van der Waals surface area contributed by atoms with E-state index in [1.165, 1.54) is 0 Å². The lowest BCUT2D eigenvalue weighted by molar-refractivity contribution is -0.0171. The van der Waals surface area contributed by atoms with Gasteiger partial charge in [0.2, 0.25) is 0 Å². The van der Waals surface area contributed by atoms with Crippen molar-refractivity contribution < 1.29 is 9.47 Å². The highest BCUT2D eigenvalue weighted by Gasteiger charge is 2.18. The summed E-state index contributed by atoms with van der Waals surface area (Å²) in [5.74, 6) is 1.30. The lowest BCUT2D eigenvalue weighted by atomic mass is 10.1. The molecule has 0 fully saturated rings. The topological polar surface area (TPSA) is 75.2 Å². The van der Waals surface area contributed by atoms with E-state index in [-0.39, 0.29) is 6.79 Å². The second kappa shape index (κ2) is 5.91. The standard InChI is InChI=1S/C14H17ClN4O2/c1-2-3-12-14(16)17-18-19(12)6-9-4-11(15)5-10-7-20-8-21-13(9)10/h4-5H,2-3,6-8,16H2,1H3. The molecule has 0 radical (unpaired) electrons. The molecule has 0 spiro atoms. The molecule has 7 heteroatoms. The molecule has 112 valence electrons. The van der Waals surface area contributed by atoms with E-state index in [0.29, 0.717) is 24.0 Å². The van der Waals surface area contributed by atoms with Crippen LogP contribution in [0, 0.1) is 0 Å². The second-order valence-corrected chi connectivity index (χ2v) is 5.43. The Morgan fingerprint density at radius 2 is 2.29 bits per heavy atom. The molecular weight excluding hydrogens is 292 g/mol. The van der Waals surface area contributed by atoms with Crippen molar-refractivity contribution in [1.29, 1.82) is 0 Å². The zero-order chi connectivity index (χ0) is 14.8. The van der Waals surface area contributed by atoms with Crippen molar-refractivity contribution >= 4 is 17.4 Å². The molecule has 21 heavy (non-hydrogen) atoms. The molecule has 6 nitrogen and oxygen atoms in total. The number of halogens is 1. The SMILES string of the molecule is CCCc1c(N)nnn1Cc1cc(Cl)cc2c1OCOC2. The Bertz CT molecular complexity index is 657. The maximum atomic E-state index is 6.17. The Morgan fingerprint density at radius 1 is 1.43 bits per heavy atom. The minimum Gasteiger partial charge on any atom is -0.467 e. The van der Waals surface area contributed by atoms with Crippen molar-refractivity contribution in [3.8, 4) is 5.75 Å². The van der Waals surface area contributed by atoms with Gasteiger partial charge in [-0.15, -0.1) is 5.10 Å². The first-order chi connectivity index (χ1) is 10.2. The fourth-order valence-electron chi connectivity index (χ4n) is 2.50. The zero-order valence-corrected chi connectivity index (χ0v) is 12.6. The summed E-state index contributed by atoms with van der Waals surface area (Å²) in [6.07, 6.45) is 1.82. The molecule has 0 aliphatic carbocycles. The van der Waals surface area contributed by atoms with Crippen LogP contribution in [0.5, 0.6) is 5.75 Å². The lowest BCUT2D eigenvalue weighted by Gasteiger charge is -2.21. The maximum absolute atomic E-state index is 6.17. The number of ether oxygens (including phenoxy) is 2. The number of nitrogens with zero attached hydrogens (tertiary/aromatic N) is 3. The lowest BCUT2D eigenvalue weighted by Crippen LogP contribution is -2.15. The fourth-order valence-corrected chi connectivity index (χ4v) is 2.77. The highest BCUT2D eigenvalue weighted by atomic mass is 35.5. The predicted octanol–water partition coefficient (Wildman–Crippen LogP) is 2.38. The van der Waals surface area contributed by atoms with Crippen LogP contribution >= 0.6 is 11.6 Å². The van der Waals surface area contributed by atoms with Gasteiger partial charge >= 0.3 is 0 Å². The number of hydrogen-bond acceptors (Lipinski definition) is 5. The number of hydrogen-bond donors (Lipinski definition) is 1. The highest BCUT2D eigenvalue weighted by Crippen LogP contribution is 2.32. The van der Waals surface area contributed by atoms with Crippen LogP contribution < -0.4 is 10.5 Å². The number of fused-ring (bicyclic) bond motifs is 1. The van der Waals surface area contributed by atoms with Crippen molar-refractivity contribution in [2.24, 2.45) is 0 Å². The van der Waals surface area contributed by atoms with Gasteiger partial charge in [-0.05, 0) is 18.6 Å². The van der Waals surface area contributed by atoms with Gasteiger partial charge in [-0.1, -0.05) is 30.2 Å². The molecule has 1 aliphatic heterocycles. The fraction of sp³-hybridized carbons (Fsp3) is 0.429. The third kappa shape index (κ3) is 2.82. The summed E-state index contributed by atoms with van der Waals surface area (Å²) in [5.41, 5.74) is 8.73. The molecular formula is C14H17ClN4O2. The summed E-state index contributed by atoms with van der Waals surface area (Å²) in [6.45, 7) is 3.38. The third-order valence-electron chi connectivity index (χ3n) is 3.43. The minimum absolute atomic E-state index is 0.253. The van der Waals surface area contributed by atoms with Crippen molar-refractivity contribution in [2.75, 3.05) is 12.5 Å². The number of nitrogens with two attached hydrogens (primary N) is 1. The Balaban J connectivity index is 1.96. The van der Waals surface area contributed by atoms with Crippen molar-refractivity contribution in [3.63, 3.8) is 0 Å². The molecule has 1 aliphatic rings. The predicted molar refractivity (Wildman–Crippen MR) is 79.3 cm³/mol. The Hall–Kier alpha value is -1.79. The number of nitrogen functional groups attached to an aromatic ring is 1. The van der Waals surface area contributed by atoms with E-state index in [9.17, 15) is 0 Å². The van der Waals surface area contributed by atoms with Crippen LogP contribution in [0.25, 0.3) is 0 Å². The van der Waals surface area contributed by atoms with Gasteiger partial charge in [0.15, 0.2) is 12.6 Å². The van der Waals surface area contributed by atoms with E-state index in [0.717, 1.165) is 35.4 Å². The quantitative estimate of drug-likeness (QED) is 0.938. The first-order valence-electron chi connectivity index (χ1n) is 6.88. The summed E-state index contributed by atoms with van der Waals surface area (Å²) in [4.78, 5) is 0. The van der Waals surface area contributed by atoms with Crippen LogP contribution in [0.15, 0.2) is 12.1 Å². The van der Waals surface area contributed by atoms with Gasteiger partial charge in [-0.2, -0.15) is 0 Å².